The van der Waals surface area contributed by atoms with Crippen molar-refractivity contribution >= 4 is 32.9 Å². The van der Waals surface area contributed by atoms with Gasteiger partial charge in [0.25, 0.3) is 10.1 Å². The Kier molecular flexibility index (Phi) is 19.6. The van der Waals surface area contributed by atoms with Gasteiger partial charge >= 0.3 is 0 Å². The molecular weight excluding hydrogens is 745 g/mol. The fourth-order valence-electron chi connectivity index (χ4n) is 8.39. The van der Waals surface area contributed by atoms with E-state index >= 15 is 0 Å². The molecule has 0 fully saturated rings. The molecule has 59 heavy (non-hydrogen) atoms. The number of unbranched alkanes of at least 4 members (excludes halogenated alkanes) is 16. The Bertz CT molecular complexity index is 1870. The smallest absolute Gasteiger partial charge is 0.294 e. The summed E-state index contributed by atoms with van der Waals surface area (Å²) in [5.74, 6) is -0.416. The number of hydrogen-bond acceptors (Lipinski definition) is 4. The molecule has 5 nitrogen and oxygen atoms in total. The number of hydrogen-bond donors (Lipinski definition) is 1. The molecule has 0 saturated carbocycles. The van der Waals surface area contributed by atoms with E-state index in [1.807, 2.05) is 12.1 Å². The van der Waals surface area contributed by atoms with Crippen LogP contribution in [0.25, 0.3) is 0 Å². The third kappa shape index (κ3) is 14.7. The van der Waals surface area contributed by atoms with Crippen molar-refractivity contribution in [1.29, 1.82) is 0 Å². The van der Waals surface area contributed by atoms with Gasteiger partial charge in [0.05, 0.1) is 4.90 Å². The topological polar surface area (TPSA) is 60.9 Å². The Morgan fingerprint density at radius 3 is 1.10 bits per heavy atom. The molecule has 0 atom stereocenters. The third-order valence-electron chi connectivity index (χ3n) is 11.7. The van der Waals surface area contributed by atoms with E-state index in [9.17, 15) is 13.0 Å². The molecular formula is C53H70N2O3S. The standard InChI is InChI=1S/C53H70N2O3S/c1-3-5-7-9-11-13-15-17-27-43-54(47-29-21-19-22-30-47)49-39-35-45(36-40-49)53(51-33-25-26-34-52(51)59(56,57)58)46-37-41-50(42-38-46)55(48-31-23-20-24-32-48)44-28-18-16-14-12-10-8-6-4-2/h19-26,29-42,53H,3-18,27-28,43-44H2,1-2H3,(H,56,57,58). The number of anilines is 4. The molecule has 5 aromatic carbocycles. The van der Waals surface area contributed by atoms with Gasteiger partial charge in [-0.2, -0.15) is 8.42 Å². The zero-order chi connectivity index (χ0) is 41.5. The van der Waals surface area contributed by atoms with E-state index in [1.165, 1.54) is 109 Å². The molecule has 0 unspecified atom stereocenters. The zero-order valence-electron chi connectivity index (χ0n) is 36.0. The van der Waals surface area contributed by atoms with Crippen molar-refractivity contribution in [2.45, 2.75) is 140 Å². The van der Waals surface area contributed by atoms with Gasteiger partial charge in [-0.3, -0.25) is 4.55 Å². The van der Waals surface area contributed by atoms with Gasteiger partial charge in [0.15, 0.2) is 0 Å². The second kappa shape index (κ2) is 25.3. The first-order valence-electron chi connectivity index (χ1n) is 22.8. The predicted molar refractivity (Wildman–Crippen MR) is 251 cm³/mol. The minimum Gasteiger partial charge on any atom is -0.341 e. The molecule has 0 amide bonds. The Morgan fingerprint density at radius 2 is 0.729 bits per heavy atom. The average molecular weight is 815 g/mol. The minimum absolute atomic E-state index is 0.0642. The molecule has 5 rings (SSSR count). The predicted octanol–water partition coefficient (Wildman–Crippen LogP) is 15.5. The van der Waals surface area contributed by atoms with Crippen LogP contribution in [-0.2, 0) is 10.1 Å². The summed E-state index contributed by atoms with van der Waals surface area (Å²) in [6, 6.07) is 45.2. The summed E-state index contributed by atoms with van der Waals surface area (Å²) < 4.78 is 36.1. The van der Waals surface area contributed by atoms with Crippen LogP contribution in [0.2, 0.25) is 0 Å². The highest BCUT2D eigenvalue weighted by Gasteiger charge is 2.25. The van der Waals surface area contributed by atoms with E-state index in [2.05, 4.69) is 133 Å². The summed E-state index contributed by atoms with van der Waals surface area (Å²) in [6.07, 6.45) is 23.1. The Balaban J connectivity index is 1.37. The van der Waals surface area contributed by atoms with Crippen LogP contribution < -0.4 is 9.80 Å². The van der Waals surface area contributed by atoms with E-state index in [0.717, 1.165) is 59.8 Å². The summed E-state index contributed by atoms with van der Waals surface area (Å²) in [4.78, 5) is 4.73. The first kappa shape index (κ1) is 45.7. The summed E-state index contributed by atoms with van der Waals surface area (Å²) in [5.41, 5.74) is 7.01. The maximum atomic E-state index is 12.8. The van der Waals surface area contributed by atoms with E-state index in [1.54, 1.807) is 6.07 Å². The highest BCUT2D eigenvalue weighted by atomic mass is 32.2. The fraction of sp³-hybridized carbons (Fsp3) is 0.434. The summed E-state index contributed by atoms with van der Waals surface area (Å²) >= 11 is 0. The third-order valence-corrected chi connectivity index (χ3v) is 12.6. The largest absolute Gasteiger partial charge is 0.341 e. The van der Waals surface area contributed by atoms with E-state index < -0.39 is 16.0 Å². The minimum atomic E-state index is -4.47. The molecule has 316 valence electrons. The van der Waals surface area contributed by atoms with Crippen molar-refractivity contribution in [3.05, 3.63) is 150 Å². The van der Waals surface area contributed by atoms with Crippen molar-refractivity contribution in [2.24, 2.45) is 0 Å². The van der Waals surface area contributed by atoms with Crippen molar-refractivity contribution in [3.63, 3.8) is 0 Å². The maximum Gasteiger partial charge on any atom is 0.294 e. The van der Waals surface area contributed by atoms with Crippen LogP contribution in [0.4, 0.5) is 22.7 Å². The van der Waals surface area contributed by atoms with Gasteiger partial charge in [-0.1, -0.05) is 195 Å². The van der Waals surface area contributed by atoms with Crippen LogP contribution in [-0.4, -0.2) is 26.1 Å². The van der Waals surface area contributed by atoms with Crippen LogP contribution in [0.15, 0.2) is 138 Å². The van der Waals surface area contributed by atoms with Gasteiger partial charge < -0.3 is 9.80 Å². The SMILES string of the molecule is CCCCCCCCCCCN(c1ccccc1)c1ccc(C(c2ccc(N(CCCCCCCCCCC)c3ccccc3)cc2)c2ccccc2S(=O)(=O)O)cc1. The number of rotatable bonds is 28. The quantitative estimate of drug-likeness (QED) is 0.0310. The first-order chi connectivity index (χ1) is 28.9. The summed E-state index contributed by atoms with van der Waals surface area (Å²) in [6.45, 7) is 6.38. The van der Waals surface area contributed by atoms with Crippen LogP contribution in [0.3, 0.4) is 0 Å². The van der Waals surface area contributed by atoms with Crippen LogP contribution in [0.5, 0.6) is 0 Å². The lowest BCUT2D eigenvalue weighted by atomic mass is 9.85. The molecule has 0 aliphatic carbocycles. The van der Waals surface area contributed by atoms with Gasteiger partial charge in [-0.25, -0.2) is 0 Å². The van der Waals surface area contributed by atoms with E-state index in [4.69, 9.17) is 0 Å². The highest BCUT2D eigenvalue weighted by Crippen LogP contribution is 2.38. The molecule has 0 aliphatic heterocycles. The molecule has 0 aromatic heterocycles. The van der Waals surface area contributed by atoms with E-state index in [-0.39, 0.29) is 4.90 Å². The lowest BCUT2D eigenvalue weighted by Gasteiger charge is -2.27. The van der Waals surface area contributed by atoms with Gasteiger partial charge in [-0.15, -0.1) is 0 Å². The second-order valence-corrected chi connectivity index (χ2v) is 17.7. The van der Waals surface area contributed by atoms with Crippen LogP contribution >= 0.6 is 0 Å². The molecule has 0 bridgehead atoms. The molecule has 0 saturated heterocycles. The highest BCUT2D eigenvalue weighted by molar-refractivity contribution is 7.85. The molecule has 0 heterocycles. The number of nitrogens with zero attached hydrogens (tertiary/aromatic N) is 2. The monoisotopic (exact) mass is 815 g/mol. The van der Waals surface area contributed by atoms with Crippen molar-refractivity contribution < 1.29 is 13.0 Å². The fourth-order valence-corrected chi connectivity index (χ4v) is 9.12. The number of benzene rings is 5. The maximum absolute atomic E-state index is 12.8. The summed E-state index contributed by atoms with van der Waals surface area (Å²) in [5, 5.41) is 0. The molecule has 0 aliphatic rings. The second-order valence-electron chi connectivity index (χ2n) is 16.3. The molecule has 6 heteroatoms. The molecule has 1 N–H and O–H groups in total. The first-order valence-corrected chi connectivity index (χ1v) is 24.3. The normalized spacial score (nSPS) is 11.6. The van der Waals surface area contributed by atoms with Crippen molar-refractivity contribution in [2.75, 3.05) is 22.9 Å². The van der Waals surface area contributed by atoms with Gasteiger partial charge in [0, 0.05) is 41.8 Å². The van der Waals surface area contributed by atoms with Crippen molar-refractivity contribution in [3.8, 4) is 0 Å². The molecule has 0 spiro atoms. The summed E-state index contributed by atoms with van der Waals surface area (Å²) in [7, 11) is -4.47. The van der Waals surface area contributed by atoms with E-state index in [0.29, 0.717) is 5.56 Å². The molecule has 0 radical (unpaired) electrons. The van der Waals surface area contributed by atoms with Crippen LogP contribution in [0.1, 0.15) is 152 Å². The van der Waals surface area contributed by atoms with Gasteiger partial charge in [0.1, 0.15) is 0 Å². The Hall–Kier alpha value is -4.39. The lowest BCUT2D eigenvalue weighted by Crippen LogP contribution is -2.19. The van der Waals surface area contributed by atoms with Crippen LogP contribution in [0, 0.1) is 0 Å². The van der Waals surface area contributed by atoms with Gasteiger partial charge in [-0.05, 0) is 84.1 Å². The Labute approximate surface area is 357 Å². The lowest BCUT2D eigenvalue weighted by molar-refractivity contribution is 0.482. The average Bonchev–Trinajstić information content (AvgIpc) is 3.26. The van der Waals surface area contributed by atoms with Crippen molar-refractivity contribution in [1.82, 2.24) is 0 Å². The molecule has 5 aromatic rings. The Morgan fingerprint density at radius 1 is 0.407 bits per heavy atom. The zero-order valence-corrected chi connectivity index (χ0v) is 36.8. The number of para-hydroxylation sites is 2. The van der Waals surface area contributed by atoms with Gasteiger partial charge in [0.2, 0.25) is 0 Å².